The van der Waals surface area contributed by atoms with E-state index in [1.54, 1.807) is 12.3 Å². The van der Waals surface area contributed by atoms with E-state index in [1.165, 1.54) is 10.7 Å². The second-order valence-corrected chi connectivity index (χ2v) is 3.06. The van der Waals surface area contributed by atoms with E-state index in [0.29, 0.717) is 0 Å². The minimum absolute atomic E-state index is 0. The van der Waals surface area contributed by atoms with Crippen molar-refractivity contribution >= 4 is 24.8 Å². The summed E-state index contributed by atoms with van der Waals surface area (Å²) in [5.74, 6) is 0. The van der Waals surface area contributed by atoms with Gasteiger partial charge in [0.25, 0.3) is 5.56 Å². The van der Waals surface area contributed by atoms with Crippen LogP contribution in [0.1, 0.15) is 5.56 Å². The Morgan fingerprint density at radius 3 is 2.38 bits per heavy atom. The van der Waals surface area contributed by atoms with Crippen LogP contribution in [0.2, 0.25) is 0 Å². The van der Waals surface area contributed by atoms with Gasteiger partial charge in [-0.2, -0.15) is 9.78 Å². The van der Waals surface area contributed by atoms with E-state index in [0.717, 1.165) is 11.3 Å². The zero-order valence-corrected chi connectivity index (χ0v) is 10.3. The Morgan fingerprint density at radius 2 is 1.75 bits per heavy atom. The summed E-state index contributed by atoms with van der Waals surface area (Å²) in [6.45, 7) is 1.95. The predicted molar refractivity (Wildman–Crippen MR) is 69.1 cm³/mol. The van der Waals surface area contributed by atoms with E-state index in [1.807, 2.05) is 31.2 Å². The molecule has 0 unspecified atom stereocenters. The first-order chi connectivity index (χ1) is 6.79. The molecule has 1 aromatic carbocycles. The molecule has 3 nitrogen and oxygen atoms in total. The number of hydrogen-bond acceptors (Lipinski definition) is 2. The number of aryl methyl sites for hydroxylation is 1. The number of benzene rings is 1. The molecule has 2 aromatic rings. The van der Waals surface area contributed by atoms with Gasteiger partial charge in [-0.05, 0) is 24.6 Å². The monoisotopic (exact) mass is 258 g/mol. The van der Waals surface area contributed by atoms with Crippen molar-refractivity contribution in [2.45, 2.75) is 6.92 Å². The standard InChI is InChI=1S/C11H10N2O.2ClH/c1-9-5-2-3-6-10(9)13-11(14)7-4-8-12-13;;/h2-8H,1H3;2*1H. The molecule has 0 N–H and O–H groups in total. The maximum absolute atomic E-state index is 11.5. The molecule has 1 aromatic heterocycles. The average molecular weight is 259 g/mol. The molecule has 0 fully saturated rings. The van der Waals surface area contributed by atoms with Gasteiger partial charge in [0, 0.05) is 12.3 Å². The summed E-state index contributed by atoms with van der Waals surface area (Å²) in [7, 11) is 0. The Balaban J connectivity index is 0.00000112. The van der Waals surface area contributed by atoms with E-state index in [2.05, 4.69) is 5.10 Å². The van der Waals surface area contributed by atoms with Crippen LogP contribution in [0.5, 0.6) is 0 Å². The summed E-state index contributed by atoms with van der Waals surface area (Å²) < 4.78 is 1.40. The fourth-order valence-electron chi connectivity index (χ4n) is 1.34. The predicted octanol–water partition coefficient (Wildman–Crippen LogP) is 2.38. The molecular formula is C11H12Cl2N2O. The quantitative estimate of drug-likeness (QED) is 0.788. The molecule has 0 aliphatic heterocycles. The second kappa shape index (κ2) is 6.30. The van der Waals surface area contributed by atoms with Gasteiger partial charge in [-0.15, -0.1) is 24.8 Å². The zero-order valence-electron chi connectivity index (χ0n) is 8.66. The van der Waals surface area contributed by atoms with Crippen LogP contribution < -0.4 is 5.56 Å². The van der Waals surface area contributed by atoms with Crippen LogP contribution in [-0.4, -0.2) is 9.78 Å². The van der Waals surface area contributed by atoms with Crippen LogP contribution in [0.3, 0.4) is 0 Å². The smallest absolute Gasteiger partial charge is 0.267 e. The first kappa shape index (κ1) is 14.7. The van der Waals surface area contributed by atoms with Crippen molar-refractivity contribution in [2.75, 3.05) is 0 Å². The van der Waals surface area contributed by atoms with Gasteiger partial charge in [0.05, 0.1) is 5.69 Å². The van der Waals surface area contributed by atoms with Crippen LogP contribution in [0, 0.1) is 6.92 Å². The number of rotatable bonds is 1. The van der Waals surface area contributed by atoms with Crippen molar-refractivity contribution in [3.63, 3.8) is 0 Å². The van der Waals surface area contributed by atoms with E-state index in [9.17, 15) is 4.79 Å². The van der Waals surface area contributed by atoms with Gasteiger partial charge in [-0.3, -0.25) is 4.79 Å². The third kappa shape index (κ3) is 2.84. The molecule has 0 atom stereocenters. The van der Waals surface area contributed by atoms with Crippen LogP contribution >= 0.6 is 24.8 Å². The normalized spacial score (nSPS) is 8.81. The lowest BCUT2D eigenvalue weighted by Crippen LogP contribution is -2.19. The van der Waals surface area contributed by atoms with Gasteiger partial charge < -0.3 is 0 Å². The molecule has 86 valence electrons. The van der Waals surface area contributed by atoms with Crippen LogP contribution in [0.15, 0.2) is 47.4 Å². The molecule has 0 saturated carbocycles. The molecule has 0 radical (unpaired) electrons. The minimum atomic E-state index is -0.109. The van der Waals surface area contributed by atoms with Crippen molar-refractivity contribution in [1.29, 1.82) is 0 Å². The van der Waals surface area contributed by atoms with Gasteiger partial charge in [0.2, 0.25) is 0 Å². The lowest BCUT2D eigenvalue weighted by molar-refractivity contribution is 0.801. The van der Waals surface area contributed by atoms with Crippen LogP contribution in [-0.2, 0) is 0 Å². The van der Waals surface area contributed by atoms with Gasteiger partial charge in [0.1, 0.15) is 0 Å². The summed E-state index contributed by atoms with van der Waals surface area (Å²) in [6, 6.07) is 10.8. The zero-order chi connectivity index (χ0) is 9.97. The molecule has 5 heteroatoms. The first-order valence-electron chi connectivity index (χ1n) is 4.39. The fraction of sp³-hybridized carbons (Fsp3) is 0.0909. The lowest BCUT2D eigenvalue weighted by Gasteiger charge is -2.05. The van der Waals surface area contributed by atoms with Gasteiger partial charge in [0.15, 0.2) is 0 Å². The Morgan fingerprint density at radius 1 is 1.06 bits per heavy atom. The Bertz CT molecular complexity index is 511. The molecule has 1 heterocycles. The Labute approximate surface area is 106 Å². The highest BCUT2D eigenvalue weighted by Crippen LogP contribution is 2.08. The minimum Gasteiger partial charge on any atom is -0.267 e. The average Bonchev–Trinajstić information content (AvgIpc) is 2.20. The highest BCUT2D eigenvalue weighted by Gasteiger charge is 2.01. The van der Waals surface area contributed by atoms with Gasteiger partial charge in [-0.1, -0.05) is 18.2 Å². The van der Waals surface area contributed by atoms with E-state index < -0.39 is 0 Å². The SMILES string of the molecule is Cc1ccccc1-n1ncccc1=O.Cl.Cl. The van der Waals surface area contributed by atoms with Crippen LogP contribution in [0.4, 0.5) is 0 Å². The third-order valence-corrected chi connectivity index (χ3v) is 2.06. The van der Waals surface area contributed by atoms with Crippen LogP contribution in [0.25, 0.3) is 5.69 Å². The summed E-state index contributed by atoms with van der Waals surface area (Å²) in [5.41, 5.74) is 1.76. The highest BCUT2D eigenvalue weighted by atomic mass is 35.5. The van der Waals surface area contributed by atoms with Crippen molar-refractivity contribution in [1.82, 2.24) is 9.78 Å². The molecule has 0 bridgehead atoms. The second-order valence-electron chi connectivity index (χ2n) is 3.06. The van der Waals surface area contributed by atoms with Gasteiger partial charge >= 0.3 is 0 Å². The third-order valence-electron chi connectivity index (χ3n) is 2.06. The number of halogens is 2. The number of aromatic nitrogens is 2. The molecule has 0 saturated heterocycles. The molecule has 16 heavy (non-hydrogen) atoms. The molecular weight excluding hydrogens is 247 g/mol. The molecule has 0 amide bonds. The summed E-state index contributed by atoms with van der Waals surface area (Å²) in [4.78, 5) is 11.5. The first-order valence-corrected chi connectivity index (χ1v) is 4.39. The molecule has 0 aliphatic rings. The van der Waals surface area contributed by atoms with E-state index >= 15 is 0 Å². The van der Waals surface area contributed by atoms with Crippen molar-refractivity contribution < 1.29 is 0 Å². The van der Waals surface area contributed by atoms with E-state index in [4.69, 9.17) is 0 Å². The highest BCUT2D eigenvalue weighted by molar-refractivity contribution is 5.85. The maximum Gasteiger partial charge on any atom is 0.271 e. The maximum atomic E-state index is 11.5. The molecule has 0 spiro atoms. The number of nitrogens with zero attached hydrogens (tertiary/aromatic N) is 2. The molecule has 2 rings (SSSR count). The van der Waals surface area contributed by atoms with E-state index in [-0.39, 0.29) is 30.4 Å². The Hall–Kier alpha value is -1.32. The van der Waals surface area contributed by atoms with Crippen molar-refractivity contribution in [2.24, 2.45) is 0 Å². The summed E-state index contributed by atoms with van der Waals surface area (Å²) in [6.07, 6.45) is 1.60. The number of para-hydroxylation sites is 1. The van der Waals surface area contributed by atoms with Crippen molar-refractivity contribution in [3.8, 4) is 5.69 Å². The molecule has 0 aliphatic carbocycles. The lowest BCUT2D eigenvalue weighted by atomic mass is 10.2. The summed E-state index contributed by atoms with van der Waals surface area (Å²) >= 11 is 0. The Kier molecular flexibility index (Phi) is 5.78. The largest absolute Gasteiger partial charge is 0.271 e. The van der Waals surface area contributed by atoms with Gasteiger partial charge in [-0.25, -0.2) is 0 Å². The summed E-state index contributed by atoms with van der Waals surface area (Å²) in [5, 5.41) is 4.01. The van der Waals surface area contributed by atoms with Crippen molar-refractivity contribution in [3.05, 3.63) is 58.5 Å². The fourth-order valence-corrected chi connectivity index (χ4v) is 1.34. The number of hydrogen-bond donors (Lipinski definition) is 0. The topological polar surface area (TPSA) is 34.9 Å².